The third kappa shape index (κ3) is 3.37. The van der Waals surface area contributed by atoms with E-state index in [0.29, 0.717) is 7.11 Å². The van der Waals surface area contributed by atoms with Gasteiger partial charge in [0.25, 0.3) is 0 Å². The lowest BCUT2D eigenvalue weighted by atomic mass is 9.92. The Morgan fingerprint density at radius 2 is 1.29 bits per heavy atom. The number of carbonyl (C=O) groups is 1. The van der Waals surface area contributed by atoms with Crippen LogP contribution in [0.15, 0.2) is 0 Å². The molecule has 0 aromatic carbocycles. The van der Waals surface area contributed by atoms with E-state index in [1.807, 2.05) is 0 Å². The maximum atomic E-state index is 14.5. The molecule has 1 fully saturated rings. The number of alkyl halides is 11. The van der Waals surface area contributed by atoms with Crippen LogP contribution in [0.3, 0.4) is 0 Å². The summed E-state index contributed by atoms with van der Waals surface area (Å²) < 4.78 is 155. The fourth-order valence-corrected chi connectivity index (χ4v) is 4.02. The van der Waals surface area contributed by atoms with Crippen LogP contribution in [0.5, 0.6) is 0 Å². The highest BCUT2D eigenvalue weighted by Crippen LogP contribution is 2.67. The number of hydrogen-bond acceptors (Lipinski definition) is 3. The molecule has 1 saturated carbocycles. The van der Waals surface area contributed by atoms with Crippen LogP contribution in [0.2, 0.25) is 19.6 Å². The molecule has 0 aromatic rings. The van der Waals surface area contributed by atoms with E-state index in [-0.39, 0.29) is 0 Å². The second kappa shape index (κ2) is 6.44. The van der Waals surface area contributed by atoms with Gasteiger partial charge in [0.15, 0.2) is 8.32 Å². The van der Waals surface area contributed by atoms with Crippen molar-refractivity contribution in [2.45, 2.75) is 61.5 Å². The molecule has 0 N–H and O–H groups in total. The molecule has 0 spiro atoms. The van der Waals surface area contributed by atoms with Crippen molar-refractivity contribution in [2.24, 2.45) is 5.92 Å². The Morgan fingerprint density at radius 1 is 0.857 bits per heavy atom. The van der Waals surface area contributed by atoms with Crippen molar-refractivity contribution in [1.29, 1.82) is 0 Å². The molecular weight excluding hydrogens is 441 g/mol. The summed E-state index contributed by atoms with van der Waals surface area (Å²) in [6, 6.07) is 0. The number of esters is 1. The minimum absolute atomic E-state index is 0.641. The first kappa shape index (κ1) is 24.9. The molecule has 3 nitrogen and oxygen atoms in total. The predicted molar refractivity (Wildman–Crippen MR) is 73.1 cm³/mol. The molecule has 166 valence electrons. The van der Waals surface area contributed by atoms with Crippen molar-refractivity contribution in [3.8, 4) is 0 Å². The summed E-state index contributed by atoms with van der Waals surface area (Å²) in [6.45, 7) is 3.37. The van der Waals surface area contributed by atoms with Gasteiger partial charge in [0.05, 0.1) is 13.0 Å². The molecule has 0 heterocycles. The highest BCUT2D eigenvalue weighted by atomic mass is 28.4. The van der Waals surface area contributed by atoms with Gasteiger partial charge in [-0.05, 0) is 26.1 Å². The van der Waals surface area contributed by atoms with Crippen molar-refractivity contribution in [1.82, 2.24) is 0 Å². The van der Waals surface area contributed by atoms with Gasteiger partial charge in [-0.15, -0.1) is 0 Å². The summed E-state index contributed by atoms with van der Waals surface area (Å²) in [7, 11) is -2.70. The second-order valence-corrected chi connectivity index (χ2v) is 11.6. The summed E-state index contributed by atoms with van der Waals surface area (Å²) in [4.78, 5) is 11.5. The summed E-state index contributed by atoms with van der Waals surface area (Å²) in [5.41, 5.74) is -3.72. The summed E-state index contributed by atoms with van der Waals surface area (Å²) >= 11 is 0. The van der Waals surface area contributed by atoms with Crippen molar-refractivity contribution in [3.05, 3.63) is 0 Å². The minimum atomic E-state index is -7.55. The lowest BCUT2D eigenvalue weighted by molar-refractivity contribution is -0.430. The average molecular weight is 456 g/mol. The zero-order valence-electron chi connectivity index (χ0n) is 14.7. The summed E-state index contributed by atoms with van der Waals surface area (Å²) in [5.74, 6) is -32.4. The molecule has 28 heavy (non-hydrogen) atoms. The fourth-order valence-electron chi connectivity index (χ4n) is 2.57. The van der Waals surface area contributed by atoms with E-state index < -0.39 is 62.1 Å². The highest BCUT2D eigenvalue weighted by molar-refractivity contribution is 6.69. The molecule has 0 aliphatic heterocycles. The van der Waals surface area contributed by atoms with Crippen LogP contribution in [-0.4, -0.2) is 56.9 Å². The molecule has 2 atom stereocenters. The van der Waals surface area contributed by atoms with Crippen molar-refractivity contribution in [2.75, 3.05) is 7.11 Å². The van der Waals surface area contributed by atoms with E-state index in [2.05, 4.69) is 4.74 Å². The predicted octanol–water partition coefficient (Wildman–Crippen LogP) is 4.87. The molecule has 0 radical (unpaired) electrons. The number of carbonyl (C=O) groups excluding carboxylic acids is 1. The Kier molecular flexibility index (Phi) is 5.73. The summed E-state index contributed by atoms with van der Waals surface area (Å²) in [5, 5.41) is 0. The topological polar surface area (TPSA) is 35.5 Å². The van der Waals surface area contributed by atoms with Crippen molar-refractivity contribution < 1.29 is 62.3 Å². The molecule has 15 heteroatoms. The molecule has 1 rings (SSSR count). The third-order valence-electron chi connectivity index (χ3n) is 3.95. The van der Waals surface area contributed by atoms with Gasteiger partial charge in [0, 0.05) is 0 Å². The van der Waals surface area contributed by atoms with E-state index >= 15 is 0 Å². The largest absolute Gasteiger partial charge is 0.469 e. The van der Waals surface area contributed by atoms with Gasteiger partial charge in [-0.1, -0.05) is 0 Å². The van der Waals surface area contributed by atoms with E-state index in [0.717, 1.165) is 19.6 Å². The standard InChI is InChI=1S/C13H15F11O3Si/c1-26-7(25)6-5-8(6,27-28(2,3)4)9(14,15)10(16,17)11(18,19)12(20,21)13(22,23)24/h6H,5H2,1-4H3/t6-,8+/m1/s1. The second-order valence-electron chi connectivity index (χ2n) is 7.18. The van der Waals surface area contributed by atoms with Crippen LogP contribution < -0.4 is 0 Å². The van der Waals surface area contributed by atoms with Crippen LogP contribution in [0, 0.1) is 5.92 Å². The van der Waals surface area contributed by atoms with Crippen LogP contribution >= 0.6 is 0 Å². The molecule has 0 unspecified atom stereocenters. The Bertz CT molecular complexity index is 626. The molecule has 0 amide bonds. The van der Waals surface area contributed by atoms with Gasteiger partial charge in [-0.25, -0.2) is 0 Å². The molecular formula is C13H15F11O3Si. The Labute approximate surface area is 152 Å². The molecule has 0 saturated heterocycles. The van der Waals surface area contributed by atoms with E-state index in [4.69, 9.17) is 4.43 Å². The van der Waals surface area contributed by atoms with E-state index in [1.54, 1.807) is 0 Å². The number of hydrogen-bond donors (Lipinski definition) is 0. The van der Waals surface area contributed by atoms with Crippen LogP contribution in [-0.2, 0) is 14.0 Å². The molecule has 0 aromatic heterocycles. The SMILES string of the molecule is COC(=O)[C@H]1C[C@@]1(O[Si](C)(C)C)C(F)(F)C(F)(F)C(F)(F)C(F)(F)C(F)(F)F. The summed E-state index contributed by atoms with van der Waals surface area (Å²) in [6.07, 6.45) is -8.59. The maximum Gasteiger partial charge on any atom is 0.460 e. The maximum absolute atomic E-state index is 14.5. The molecule has 1 aliphatic rings. The number of rotatable bonds is 7. The van der Waals surface area contributed by atoms with Gasteiger partial charge < -0.3 is 9.16 Å². The lowest BCUT2D eigenvalue weighted by Crippen LogP contribution is -2.70. The fraction of sp³-hybridized carbons (Fsp3) is 0.923. The van der Waals surface area contributed by atoms with Gasteiger partial charge in [-0.3, -0.25) is 4.79 Å². The van der Waals surface area contributed by atoms with Gasteiger partial charge >= 0.3 is 35.8 Å². The Hall–Kier alpha value is -1.12. The van der Waals surface area contributed by atoms with Gasteiger partial charge in [0.1, 0.15) is 5.60 Å². The van der Waals surface area contributed by atoms with Crippen molar-refractivity contribution >= 4 is 14.3 Å². The van der Waals surface area contributed by atoms with Crippen LogP contribution in [0.1, 0.15) is 6.42 Å². The minimum Gasteiger partial charge on any atom is -0.469 e. The highest BCUT2D eigenvalue weighted by Gasteiger charge is 2.93. The lowest BCUT2D eigenvalue weighted by Gasteiger charge is -2.42. The van der Waals surface area contributed by atoms with Gasteiger partial charge in [0.2, 0.25) is 0 Å². The zero-order valence-corrected chi connectivity index (χ0v) is 15.7. The quantitative estimate of drug-likeness (QED) is 0.312. The number of halogens is 11. The smallest absolute Gasteiger partial charge is 0.460 e. The first-order valence-electron chi connectivity index (χ1n) is 7.39. The monoisotopic (exact) mass is 456 g/mol. The van der Waals surface area contributed by atoms with E-state index in [1.165, 1.54) is 0 Å². The van der Waals surface area contributed by atoms with Gasteiger partial charge in [-0.2, -0.15) is 48.3 Å². The average Bonchev–Trinajstić information content (AvgIpc) is 3.18. The molecule has 0 bridgehead atoms. The Balaban J connectivity index is 3.57. The molecule has 1 aliphatic carbocycles. The van der Waals surface area contributed by atoms with Crippen LogP contribution in [0.4, 0.5) is 48.3 Å². The number of ether oxygens (including phenoxy) is 1. The third-order valence-corrected chi connectivity index (χ3v) is 4.93. The van der Waals surface area contributed by atoms with Crippen LogP contribution in [0.25, 0.3) is 0 Å². The first-order chi connectivity index (χ1) is 12.0. The normalized spacial score (nSPS) is 24.9. The number of methoxy groups -OCH3 is 1. The van der Waals surface area contributed by atoms with Crippen molar-refractivity contribution in [3.63, 3.8) is 0 Å². The first-order valence-corrected chi connectivity index (χ1v) is 10.8. The Morgan fingerprint density at radius 3 is 1.61 bits per heavy atom. The van der Waals surface area contributed by atoms with E-state index in [9.17, 15) is 53.1 Å². The zero-order chi connectivity index (χ0) is 22.8.